The molecular weight excluding hydrogens is 298 g/mol. The van der Waals surface area contributed by atoms with Crippen LogP contribution in [-0.2, 0) is 17.9 Å². The molecule has 0 bridgehead atoms. The molecule has 0 amide bonds. The summed E-state index contributed by atoms with van der Waals surface area (Å²) in [5, 5.41) is 16.8. The number of nitrogens with zero attached hydrogens (tertiary/aromatic N) is 2. The van der Waals surface area contributed by atoms with Crippen molar-refractivity contribution in [2.45, 2.75) is 13.1 Å². The summed E-state index contributed by atoms with van der Waals surface area (Å²) in [5.74, 6) is -0.954. The first-order valence-corrected chi connectivity index (χ1v) is 5.20. The third-order valence-electron chi connectivity index (χ3n) is 2.58. The minimum atomic E-state index is -0.954. The number of allylic oxidation sites excluding steroid dienone is 1. The van der Waals surface area contributed by atoms with Crippen LogP contribution < -0.4 is 22.6 Å². The van der Waals surface area contributed by atoms with Gasteiger partial charge in [0, 0.05) is 6.54 Å². The van der Waals surface area contributed by atoms with Gasteiger partial charge in [0.25, 0.3) is 0 Å². The van der Waals surface area contributed by atoms with Crippen LogP contribution in [0.3, 0.4) is 0 Å². The van der Waals surface area contributed by atoms with Crippen molar-refractivity contribution in [3.05, 3.63) is 42.5 Å². The molecule has 0 saturated carbocycles. The first-order valence-electron chi connectivity index (χ1n) is 5.20. The molecule has 5 nitrogen and oxygen atoms in total. The highest BCUT2D eigenvalue weighted by Gasteiger charge is 2.11. The molecule has 6 heteroatoms. The van der Waals surface area contributed by atoms with E-state index in [0.29, 0.717) is 6.54 Å². The van der Waals surface area contributed by atoms with E-state index in [0.717, 1.165) is 11.0 Å². The molecular formula is C12H13BrN3O2-. The van der Waals surface area contributed by atoms with Gasteiger partial charge in [-0.25, -0.2) is 0 Å². The predicted molar refractivity (Wildman–Crippen MR) is 63.6 cm³/mol. The van der Waals surface area contributed by atoms with Gasteiger partial charge in [-0.05, 0) is 12.1 Å². The molecule has 2 N–H and O–H groups in total. The normalized spacial score (nSPS) is 10.0. The number of para-hydroxylation sites is 2. The minimum Gasteiger partial charge on any atom is -1.00 e. The highest BCUT2D eigenvalue weighted by molar-refractivity contribution is 5.78. The van der Waals surface area contributed by atoms with Gasteiger partial charge in [0.1, 0.15) is 6.54 Å². The third kappa shape index (κ3) is 2.38. The number of rotatable bonds is 4. The standard InChI is InChI=1S/C12H13N3O2.BrH/c1-2-7-14-9-5-3-4-6-10(9)15(12(14)13)8-11(16)17;/h2-6,13H,1,7-8H2,(H,16,17);1H/p-1. The van der Waals surface area contributed by atoms with E-state index in [1.807, 2.05) is 24.3 Å². The summed E-state index contributed by atoms with van der Waals surface area (Å²) in [6, 6.07) is 7.38. The summed E-state index contributed by atoms with van der Waals surface area (Å²) >= 11 is 0. The number of halogens is 1. The molecule has 18 heavy (non-hydrogen) atoms. The molecule has 2 aromatic rings. The second kappa shape index (κ2) is 5.68. The number of hydrogen-bond donors (Lipinski definition) is 2. The maximum Gasteiger partial charge on any atom is 0.323 e. The van der Waals surface area contributed by atoms with E-state index in [1.54, 1.807) is 10.6 Å². The Labute approximate surface area is 114 Å². The zero-order valence-electron chi connectivity index (χ0n) is 9.64. The van der Waals surface area contributed by atoms with Gasteiger partial charge >= 0.3 is 5.97 Å². The largest absolute Gasteiger partial charge is 1.00 e. The van der Waals surface area contributed by atoms with Gasteiger partial charge in [-0.2, -0.15) is 0 Å². The molecule has 0 unspecified atom stereocenters. The van der Waals surface area contributed by atoms with E-state index in [9.17, 15) is 4.79 Å². The Bertz CT molecular complexity index is 642. The van der Waals surface area contributed by atoms with Gasteiger partial charge in [0.2, 0.25) is 5.62 Å². The average molecular weight is 311 g/mol. The van der Waals surface area contributed by atoms with Crippen LogP contribution in [0.1, 0.15) is 0 Å². The van der Waals surface area contributed by atoms with Crippen molar-refractivity contribution in [1.29, 1.82) is 5.41 Å². The lowest BCUT2D eigenvalue weighted by Crippen LogP contribution is -3.00. The molecule has 0 atom stereocenters. The quantitative estimate of drug-likeness (QED) is 0.654. The van der Waals surface area contributed by atoms with E-state index in [4.69, 9.17) is 10.5 Å². The molecule has 1 aromatic carbocycles. The van der Waals surface area contributed by atoms with Crippen LogP contribution in [0.5, 0.6) is 0 Å². The van der Waals surface area contributed by atoms with Gasteiger partial charge in [0.15, 0.2) is 0 Å². The summed E-state index contributed by atoms with van der Waals surface area (Å²) in [5.41, 5.74) is 1.77. The van der Waals surface area contributed by atoms with Gasteiger partial charge in [0.05, 0.1) is 11.0 Å². The number of carbonyl (C=O) groups is 1. The fourth-order valence-corrected chi connectivity index (χ4v) is 1.90. The molecule has 96 valence electrons. The average Bonchev–Trinajstić information content (AvgIpc) is 2.55. The highest BCUT2D eigenvalue weighted by atomic mass is 79.9. The SMILES string of the molecule is C=CCn1c(=N)n(CC(=O)O)c2ccccc21.[Br-]. The molecule has 0 aliphatic carbocycles. The highest BCUT2D eigenvalue weighted by Crippen LogP contribution is 2.12. The number of aliphatic carboxylic acids is 1. The molecule has 0 aliphatic heterocycles. The summed E-state index contributed by atoms with van der Waals surface area (Å²) in [6.45, 7) is 3.93. The lowest BCUT2D eigenvalue weighted by molar-refractivity contribution is -0.137. The smallest absolute Gasteiger partial charge is 0.323 e. The summed E-state index contributed by atoms with van der Waals surface area (Å²) < 4.78 is 3.20. The van der Waals surface area contributed by atoms with Crippen molar-refractivity contribution in [3.63, 3.8) is 0 Å². The van der Waals surface area contributed by atoms with Gasteiger partial charge in [-0.1, -0.05) is 18.2 Å². The minimum absolute atomic E-state index is 0. The van der Waals surface area contributed by atoms with Gasteiger partial charge in [-0.15, -0.1) is 6.58 Å². The number of hydrogen-bond acceptors (Lipinski definition) is 2. The zero-order valence-corrected chi connectivity index (χ0v) is 11.2. The predicted octanol–water partition coefficient (Wildman–Crippen LogP) is -1.80. The third-order valence-corrected chi connectivity index (χ3v) is 2.58. The van der Waals surface area contributed by atoms with E-state index >= 15 is 0 Å². The van der Waals surface area contributed by atoms with Crippen molar-refractivity contribution in [3.8, 4) is 0 Å². The topological polar surface area (TPSA) is 71.0 Å². The Kier molecular flexibility index (Phi) is 4.49. The van der Waals surface area contributed by atoms with Crippen LogP contribution in [0.2, 0.25) is 0 Å². The maximum absolute atomic E-state index is 10.8. The molecule has 2 rings (SSSR count). The number of carboxylic acids is 1. The van der Waals surface area contributed by atoms with Crippen LogP contribution in [0.25, 0.3) is 11.0 Å². The van der Waals surface area contributed by atoms with Gasteiger partial charge in [-0.3, -0.25) is 14.8 Å². The fraction of sp³-hybridized carbons (Fsp3) is 0.167. The maximum atomic E-state index is 10.8. The van der Waals surface area contributed by atoms with E-state index in [-0.39, 0.29) is 29.1 Å². The molecule has 1 heterocycles. The van der Waals surface area contributed by atoms with Gasteiger partial charge < -0.3 is 26.7 Å². The molecule has 0 fully saturated rings. The number of carboxylic acid groups (broad SMARTS) is 1. The first-order chi connectivity index (χ1) is 8.15. The van der Waals surface area contributed by atoms with E-state index < -0.39 is 5.97 Å². The lowest BCUT2D eigenvalue weighted by atomic mass is 10.3. The Morgan fingerprint density at radius 2 is 1.89 bits per heavy atom. The number of nitrogens with one attached hydrogen (secondary N) is 1. The summed E-state index contributed by atoms with van der Waals surface area (Å²) in [4.78, 5) is 10.8. The van der Waals surface area contributed by atoms with E-state index in [2.05, 4.69) is 6.58 Å². The second-order valence-corrected chi connectivity index (χ2v) is 3.69. The molecule has 0 saturated heterocycles. The monoisotopic (exact) mass is 310 g/mol. The molecule has 0 aliphatic rings. The van der Waals surface area contributed by atoms with Crippen molar-refractivity contribution in [1.82, 2.24) is 9.13 Å². The van der Waals surface area contributed by atoms with Crippen LogP contribution in [-0.4, -0.2) is 20.2 Å². The van der Waals surface area contributed by atoms with Crippen LogP contribution in [0.15, 0.2) is 36.9 Å². The number of benzene rings is 1. The summed E-state index contributed by atoms with van der Waals surface area (Å²) in [6.07, 6.45) is 1.69. The van der Waals surface area contributed by atoms with Crippen LogP contribution >= 0.6 is 0 Å². The summed E-state index contributed by atoms with van der Waals surface area (Å²) in [7, 11) is 0. The zero-order chi connectivity index (χ0) is 12.4. The lowest BCUT2D eigenvalue weighted by Gasteiger charge is -1.99. The van der Waals surface area contributed by atoms with Crippen molar-refractivity contribution < 1.29 is 26.9 Å². The fourth-order valence-electron chi connectivity index (χ4n) is 1.90. The van der Waals surface area contributed by atoms with E-state index in [1.165, 1.54) is 4.57 Å². The number of fused-ring (bicyclic) bond motifs is 1. The molecule has 1 aromatic heterocycles. The first kappa shape index (κ1) is 14.2. The Morgan fingerprint density at radius 1 is 1.33 bits per heavy atom. The van der Waals surface area contributed by atoms with Crippen LogP contribution in [0.4, 0.5) is 0 Å². The number of aromatic nitrogens is 2. The number of imidazole rings is 1. The molecule has 0 radical (unpaired) electrons. The Morgan fingerprint density at radius 3 is 2.39 bits per heavy atom. The van der Waals surface area contributed by atoms with Crippen molar-refractivity contribution >= 4 is 17.0 Å². The van der Waals surface area contributed by atoms with Crippen molar-refractivity contribution in [2.24, 2.45) is 0 Å². The van der Waals surface area contributed by atoms with Crippen LogP contribution in [0, 0.1) is 5.41 Å². The second-order valence-electron chi connectivity index (χ2n) is 3.69. The Balaban J connectivity index is 0.00000162. The molecule has 0 spiro atoms. The Hall–Kier alpha value is -1.82. The van der Waals surface area contributed by atoms with Crippen molar-refractivity contribution in [2.75, 3.05) is 0 Å².